The summed E-state index contributed by atoms with van der Waals surface area (Å²) in [6, 6.07) is -2.61. The molecule has 2 bridgehead atoms. The minimum atomic E-state index is -4.59. The molecule has 15 heteroatoms. The normalized spacial score (nSPS) is 22.5. The van der Waals surface area contributed by atoms with Crippen molar-refractivity contribution in [2.24, 2.45) is 0 Å². The molecule has 3 aliphatic heterocycles. The molecular formula is C21H26F3N7O5. The van der Waals surface area contributed by atoms with Crippen molar-refractivity contribution < 1.29 is 37.7 Å². The number of rotatable bonds is 7. The van der Waals surface area contributed by atoms with Gasteiger partial charge in [-0.05, 0) is 19.4 Å². The molecule has 1 unspecified atom stereocenters. The van der Waals surface area contributed by atoms with Crippen LogP contribution in [0.3, 0.4) is 0 Å². The topological polar surface area (TPSA) is 152 Å². The van der Waals surface area contributed by atoms with Gasteiger partial charge in [0, 0.05) is 19.2 Å². The molecule has 0 aliphatic carbocycles. The van der Waals surface area contributed by atoms with Crippen LogP contribution in [0.25, 0.3) is 0 Å². The summed E-state index contributed by atoms with van der Waals surface area (Å²) in [5, 5.41) is 25.8. The highest BCUT2D eigenvalue weighted by Crippen LogP contribution is 2.33. The van der Waals surface area contributed by atoms with Gasteiger partial charge in [0.05, 0.1) is 18.3 Å². The molecule has 1 aromatic heterocycles. The number of nitrogens with zero attached hydrogens (tertiary/aromatic N) is 4. The number of carbonyl (C=O) groups is 2. The number of aliphatic hydroxyl groups excluding tert-OH is 2. The van der Waals surface area contributed by atoms with E-state index < -0.39 is 42.9 Å². The first-order chi connectivity index (χ1) is 17.1. The van der Waals surface area contributed by atoms with E-state index in [0.717, 1.165) is 13.3 Å². The van der Waals surface area contributed by atoms with Gasteiger partial charge in [0.15, 0.2) is 0 Å². The molecule has 1 saturated heterocycles. The van der Waals surface area contributed by atoms with E-state index in [2.05, 4.69) is 20.6 Å². The number of hydrogen-bond acceptors (Lipinski definition) is 9. The standard InChI is InChI=1S/C21H26F3N7O5/c1-11(21(22,23)24)27-19(34)14-2-3-15-18(28-14)31(12-4-5-30(15)7-12)20(35)29-16-6-17(26-10-25-16)36-9-13(33)8-32/h2-3,6,10-14,28,32-33H,4-5,7-9H2,1H3,(H,27,34)(H,25,26,29,35)/t11-,12+,13-,14?/m1/s1. The van der Waals surface area contributed by atoms with E-state index in [1.165, 1.54) is 17.0 Å². The van der Waals surface area contributed by atoms with Crippen LogP contribution < -0.4 is 20.7 Å². The van der Waals surface area contributed by atoms with Gasteiger partial charge < -0.3 is 30.5 Å². The molecule has 0 saturated carbocycles. The summed E-state index contributed by atoms with van der Waals surface area (Å²) in [6.07, 6.45) is -0.805. The van der Waals surface area contributed by atoms with E-state index in [1.54, 1.807) is 6.08 Å². The Morgan fingerprint density at radius 2 is 2.14 bits per heavy atom. The Morgan fingerprint density at radius 1 is 1.36 bits per heavy atom. The largest absolute Gasteiger partial charge is 0.475 e. The lowest BCUT2D eigenvalue weighted by Gasteiger charge is -2.41. The Hall–Kier alpha value is -3.59. The van der Waals surface area contributed by atoms with Crippen molar-refractivity contribution in [3.63, 3.8) is 0 Å². The zero-order valence-corrected chi connectivity index (χ0v) is 19.2. The van der Waals surface area contributed by atoms with Gasteiger partial charge in [-0.1, -0.05) is 6.08 Å². The van der Waals surface area contributed by atoms with Crippen molar-refractivity contribution in [3.8, 4) is 5.88 Å². The van der Waals surface area contributed by atoms with Crippen molar-refractivity contribution in [2.45, 2.75) is 43.8 Å². The molecule has 4 heterocycles. The molecule has 0 aromatic carbocycles. The Bertz CT molecular complexity index is 1070. The molecule has 1 fully saturated rings. The van der Waals surface area contributed by atoms with Gasteiger partial charge in [-0.3, -0.25) is 15.0 Å². The number of urea groups is 1. The molecule has 3 aliphatic rings. The third-order valence-electron chi connectivity index (χ3n) is 5.95. The fourth-order valence-electron chi connectivity index (χ4n) is 4.03. The molecule has 12 nitrogen and oxygen atoms in total. The number of amides is 3. The summed E-state index contributed by atoms with van der Waals surface area (Å²) < 4.78 is 43.9. The van der Waals surface area contributed by atoms with Crippen LogP contribution in [-0.2, 0) is 4.79 Å². The molecule has 196 valence electrons. The predicted octanol–water partition coefficient (Wildman–Crippen LogP) is -0.106. The summed E-state index contributed by atoms with van der Waals surface area (Å²) in [4.78, 5) is 37.1. The van der Waals surface area contributed by atoms with E-state index in [4.69, 9.17) is 9.84 Å². The van der Waals surface area contributed by atoms with E-state index >= 15 is 0 Å². The van der Waals surface area contributed by atoms with Crippen LogP contribution in [0.2, 0.25) is 0 Å². The lowest BCUT2D eigenvalue weighted by Crippen LogP contribution is -2.57. The van der Waals surface area contributed by atoms with E-state index in [9.17, 15) is 27.9 Å². The molecule has 5 N–H and O–H groups in total. The van der Waals surface area contributed by atoms with Crippen molar-refractivity contribution in [2.75, 3.05) is 31.6 Å². The van der Waals surface area contributed by atoms with Gasteiger partial charge in [0.1, 0.15) is 42.8 Å². The quantitative estimate of drug-likeness (QED) is 0.336. The lowest BCUT2D eigenvalue weighted by molar-refractivity contribution is -0.158. The monoisotopic (exact) mass is 513 g/mol. The predicted molar refractivity (Wildman–Crippen MR) is 118 cm³/mol. The van der Waals surface area contributed by atoms with Crippen LogP contribution >= 0.6 is 0 Å². The Kier molecular flexibility index (Phi) is 7.21. The average Bonchev–Trinajstić information content (AvgIpc) is 3.25. The first kappa shape index (κ1) is 25.5. The summed E-state index contributed by atoms with van der Waals surface area (Å²) >= 11 is 0. The van der Waals surface area contributed by atoms with Crippen molar-refractivity contribution in [1.82, 2.24) is 30.4 Å². The SMILES string of the molecule is C[C@@H](NC(=O)C1C=CC2=C(N1)N(C(=O)Nc1cc(OC[C@H](O)CO)ncn1)[C@H]1CCN2C1)C(F)(F)F. The van der Waals surface area contributed by atoms with Gasteiger partial charge in [-0.15, -0.1) is 0 Å². The van der Waals surface area contributed by atoms with Crippen LogP contribution in [0.5, 0.6) is 5.88 Å². The number of allylic oxidation sites excluding steroid dienone is 1. The summed E-state index contributed by atoms with van der Waals surface area (Å²) in [6.45, 7) is 1.37. The summed E-state index contributed by atoms with van der Waals surface area (Å²) in [5.74, 6) is -0.405. The van der Waals surface area contributed by atoms with Crippen molar-refractivity contribution >= 4 is 17.8 Å². The van der Waals surface area contributed by atoms with Crippen molar-refractivity contribution in [1.29, 1.82) is 0 Å². The van der Waals surface area contributed by atoms with Gasteiger partial charge in [0.2, 0.25) is 11.8 Å². The highest BCUT2D eigenvalue weighted by Gasteiger charge is 2.43. The molecule has 4 rings (SSSR count). The van der Waals surface area contributed by atoms with Crippen LogP contribution in [0.1, 0.15) is 13.3 Å². The number of fused-ring (bicyclic) bond motifs is 3. The molecule has 0 spiro atoms. The van der Waals surface area contributed by atoms with Crippen molar-refractivity contribution in [3.05, 3.63) is 36.1 Å². The first-order valence-corrected chi connectivity index (χ1v) is 11.2. The molecular weight excluding hydrogens is 487 g/mol. The van der Waals surface area contributed by atoms with Gasteiger partial charge >= 0.3 is 12.2 Å². The number of anilines is 1. The van der Waals surface area contributed by atoms with Gasteiger partial charge in [0.25, 0.3) is 0 Å². The van der Waals surface area contributed by atoms with Crippen LogP contribution in [0.15, 0.2) is 36.1 Å². The van der Waals surface area contributed by atoms with Gasteiger partial charge in [-0.2, -0.15) is 13.2 Å². The second kappa shape index (κ2) is 10.2. The van der Waals surface area contributed by atoms with Crippen LogP contribution in [-0.4, -0.2) is 98.6 Å². The number of aliphatic hydroxyl groups is 2. The number of dihydropyridines is 1. The van der Waals surface area contributed by atoms with E-state index in [-0.39, 0.29) is 24.3 Å². The first-order valence-electron chi connectivity index (χ1n) is 11.2. The summed E-state index contributed by atoms with van der Waals surface area (Å²) in [5.41, 5.74) is 0.650. The lowest BCUT2D eigenvalue weighted by atomic mass is 10.1. The highest BCUT2D eigenvalue weighted by molar-refractivity contribution is 5.91. The number of ether oxygens (including phenoxy) is 1. The van der Waals surface area contributed by atoms with E-state index in [0.29, 0.717) is 31.0 Å². The summed E-state index contributed by atoms with van der Waals surface area (Å²) in [7, 11) is 0. The number of carbonyl (C=O) groups excluding carboxylic acids is 2. The molecule has 3 amide bonds. The molecule has 4 atom stereocenters. The van der Waals surface area contributed by atoms with Gasteiger partial charge in [-0.25, -0.2) is 14.8 Å². The fraction of sp³-hybridized carbons (Fsp3) is 0.524. The number of alkyl halides is 3. The Labute approximate surface area is 203 Å². The van der Waals surface area contributed by atoms with Crippen LogP contribution in [0.4, 0.5) is 23.8 Å². The maximum Gasteiger partial charge on any atom is 0.408 e. The maximum atomic E-state index is 13.3. The van der Waals surface area contributed by atoms with Crippen LogP contribution in [0, 0.1) is 0 Å². The third-order valence-corrected chi connectivity index (χ3v) is 5.95. The number of nitrogens with one attached hydrogen (secondary N) is 3. The zero-order chi connectivity index (χ0) is 26.0. The Morgan fingerprint density at radius 3 is 2.86 bits per heavy atom. The minimum Gasteiger partial charge on any atom is -0.475 e. The molecule has 36 heavy (non-hydrogen) atoms. The molecule has 0 radical (unpaired) electrons. The smallest absolute Gasteiger partial charge is 0.408 e. The highest BCUT2D eigenvalue weighted by atomic mass is 19.4. The zero-order valence-electron chi connectivity index (χ0n) is 19.2. The average molecular weight is 513 g/mol. The third kappa shape index (κ3) is 5.46. The maximum absolute atomic E-state index is 13.3. The number of hydrogen-bond donors (Lipinski definition) is 5. The minimum absolute atomic E-state index is 0.0626. The van der Waals surface area contributed by atoms with E-state index in [1.807, 2.05) is 10.2 Å². The Balaban J connectivity index is 1.48. The second-order valence-corrected chi connectivity index (χ2v) is 8.56. The number of aromatic nitrogens is 2. The fourth-order valence-corrected chi connectivity index (χ4v) is 4.03. The second-order valence-electron chi connectivity index (χ2n) is 8.56. The number of halogens is 3. The molecule has 1 aromatic rings.